The Morgan fingerprint density at radius 1 is 1.04 bits per heavy atom. The maximum Gasteiger partial charge on any atom is 0.395 e. The van der Waals surface area contributed by atoms with Gasteiger partial charge < -0.3 is 5.32 Å². The van der Waals surface area contributed by atoms with Crippen LogP contribution in [0.25, 0.3) is 0 Å². The highest BCUT2D eigenvalue weighted by Crippen LogP contribution is 2.34. The Balaban J connectivity index is 0.000000660. The molecule has 1 aromatic carbocycles. The van der Waals surface area contributed by atoms with E-state index in [2.05, 4.69) is 26.1 Å². The zero-order valence-electron chi connectivity index (χ0n) is 16.7. The standard InChI is InChI=1S/C14H17F3O.C7H17N/c1-3-4-5-13(18)12-8-6-11(7-9-12)10(2)14(15,16)17;1-4-5-8-6-7(2)3/h6-10H,3-5H2,1-2H3;7-8H,4-6H2,1-3H3. The number of nitrogens with one attached hydrogen (secondary N) is 1. The number of carbonyl (C=O) groups is 1. The van der Waals surface area contributed by atoms with Gasteiger partial charge in [0, 0.05) is 12.0 Å². The van der Waals surface area contributed by atoms with Crippen molar-refractivity contribution >= 4 is 5.78 Å². The van der Waals surface area contributed by atoms with Crippen LogP contribution in [0.4, 0.5) is 13.2 Å². The van der Waals surface area contributed by atoms with Crippen LogP contribution in [0.2, 0.25) is 0 Å². The van der Waals surface area contributed by atoms with Gasteiger partial charge in [-0.15, -0.1) is 0 Å². The van der Waals surface area contributed by atoms with Crippen LogP contribution >= 0.6 is 0 Å². The second kappa shape index (κ2) is 12.9. The van der Waals surface area contributed by atoms with Crippen molar-refractivity contribution < 1.29 is 18.0 Å². The Kier molecular flexibility index (Phi) is 12.2. The predicted octanol–water partition coefficient (Wildman–Crippen LogP) is 6.37. The lowest BCUT2D eigenvalue weighted by Gasteiger charge is -2.16. The highest BCUT2D eigenvalue weighted by Gasteiger charge is 2.36. The van der Waals surface area contributed by atoms with Crippen LogP contribution in [-0.2, 0) is 0 Å². The molecule has 0 aromatic heterocycles. The summed E-state index contributed by atoms with van der Waals surface area (Å²) in [5.41, 5.74) is 0.677. The summed E-state index contributed by atoms with van der Waals surface area (Å²) < 4.78 is 37.5. The summed E-state index contributed by atoms with van der Waals surface area (Å²) in [6.45, 7) is 12.1. The van der Waals surface area contributed by atoms with Crippen LogP contribution in [0.3, 0.4) is 0 Å². The van der Waals surface area contributed by atoms with Gasteiger partial charge in [-0.25, -0.2) is 0 Å². The molecular formula is C21H34F3NO. The zero-order chi connectivity index (χ0) is 20.2. The van der Waals surface area contributed by atoms with Gasteiger partial charge in [0.1, 0.15) is 0 Å². The zero-order valence-corrected chi connectivity index (χ0v) is 16.7. The predicted molar refractivity (Wildman–Crippen MR) is 103 cm³/mol. The Labute approximate surface area is 156 Å². The topological polar surface area (TPSA) is 29.1 Å². The Hall–Kier alpha value is -1.36. The molecule has 0 saturated carbocycles. The Morgan fingerprint density at radius 2 is 1.62 bits per heavy atom. The molecule has 0 amide bonds. The van der Waals surface area contributed by atoms with Gasteiger partial charge in [0.2, 0.25) is 0 Å². The molecule has 0 radical (unpaired) electrons. The van der Waals surface area contributed by atoms with Gasteiger partial charge in [-0.1, -0.05) is 58.4 Å². The molecule has 0 aliphatic rings. The number of ketones is 1. The molecule has 1 atom stereocenters. The summed E-state index contributed by atoms with van der Waals surface area (Å²) in [5.74, 6) is -0.720. The molecule has 0 heterocycles. The van der Waals surface area contributed by atoms with Gasteiger partial charge in [0.05, 0.1) is 5.92 Å². The van der Waals surface area contributed by atoms with Gasteiger partial charge in [0.25, 0.3) is 0 Å². The summed E-state index contributed by atoms with van der Waals surface area (Å²) in [6, 6.07) is 5.74. The minimum atomic E-state index is -4.24. The van der Waals surface area contributed by atoms with Crippen LogP contribution in [0.1, 0.15) is 82.1 Å². The molecule has 26 heavy (non-hydrogen) atoms. The first-order valence-electron chi connectivity index (χ1n) is 9.53. The van der Waals surface area contributed by atoms with E-state index >= 15 is 0 Å². The van der Waals surface area contributed by atoms with Gasteiger partial charge >= 0.3 is 6.18 Å². The summed E-state index contributed by atoms with van der Waals surface area (Å²) in [7, 11) is 0. The van der Waals surface area contributed by atoms with Crippen LogP contribution in [-0.4, -0.2) is 25.0 Å². The summed E-state index contributed by atoms with van der Waals surface area (Å²) in [6.07, 6.45) is -0.820. The first kappa shape index (κ1) is 24.6. The fourth-order valence-electron chi connectivity index (χ4n) is 2.20. The minimum absolute atomic E-state index is 0.0111. The van der Waals surface area contributed by atoms with E-state index < -0.39 is 12.1 Å². The molecule has 0 aliphatic heterocycles. The van der Waals surface area contributed by atoms with Crippen LogP contribution in [0, 0.1) is 5.92 Å². The minimum Gasteiger partial charge on any atom is -0.316 e. The smallest absolute Gasteiger partial charge is 0.316 e. The molecule has 0 aliphatic carbocycles. The summed E-state index contributed by atoms with van der Waals surface area (Å²) in [4.78, 5) is 11.7. The summed E-state index contributed by atoms with van der Waals surface area (Å²) >= 11 is 0. The van der Waals surface area contributed by atoms with E-state index in [4.69, 9.17) is 0 Å². The molecule has 150 valence electrons. The van der Waals surface area contributed by atoms with E-state index in [1.54, 1.807) is 0 Å². The third-order valence-electron chi connectivity index (χ3n) is 3.96. The van der Waals surface area contributed by atoms with Gasteiger partial charge in [0.15, 0.2) is 5.78 Å². The van der Waals surface area contributed by atoms with Gasteiger partial charge in [-0.05, 0) is 44.3 Å². The maximum atomic E-state index is 12.5. The van der Waals surface area contributed by atoms with E-state index in [0.717, 1.165) is 38.8 Å². The molecule has 1 unspecified atom stereocenters. The maximum absolute atomic E-state index is 12.5. The third kappa shape index (κ3) is 10.6. The second-order valence-corrected chi connectivity index (χ2v) is 7.01. The van der Waals surface area contributed by atoms with Crippen LogP contribution < -0.4 is 5.32 Å². The monoisotopic (exact) mass is 373 g/mol. The van der Waals surface area contributed by atoms with Crippen molar-refractivity contribution in [2.45, 2.75) is 72.4 Å². The second-order valence-electron chi connectivity index (χ2n) is 7.01. The van der Waals surface area contributed by atoms with Crippen molar-refractivity contribution in [1.29, 1.82) is 0 Å². The van der Waals surface area contributed by atoms with E-state index in [1.165, 1.54) is 30.7 Å². The number of Topliss-reactive ketones (excluding diaryl/α,β-unsaturated/α-hetero) is 1. The average Bonchev–Trinajstić information content (AvgIpc) is 2.59. The molecule has 2 nitrogen and oxygen atoms in total. The number of carbonyl (C=O) groups excluding carboxylic acids is 1. The number of rotatable bonds is 9. The lowest BCUT2D eigenvalue weighted by molar-refractivity contribution is -0.146. The van der Waals surface area contributed by atoms with E-state index in [-0.39, 0.29) is 11.3 Å². The SMILES string of the molecule is CCCCC(=O)c1ccc(C(C)C(F)(F)F)cc1.CCCNCC(C)C. The van der Waals surface area contributed by atoms with E-state index in [1.807, 2.05) is 6.92 Å². The quantitative estimate of drug-likeness (QED) is 0.403. The number of halogens is 3. The summed E-state index contributed by atoms with van der Waals surface area (Å²) in [5, 5.41) is 3.33. The van der Waals surface area contributed by atoms with Crippen molar-refractivity contribution in [3.63, 3.8) is 0 Å². The van der Waals surface area contributed by atoms with Crippen molar-refractivity contribution in [3.05, 3.63) is 35.4 Å². The lowest BCUT2D eigenvalue weighted by Crippen LogP contribution is -2.19. The molecule has 0 saturated heterocycles. The molecule has 5 heteroatoms. The van der Waals surface area contributed by atoms with Crippen LogP contribution in [0.15, 0.2) is 24.3 Å². The highest BCUT2D eigenvalue weighted by atomic mass is 19.4. The first-order chi connectivity index (χ1) is 12.1. The normalized spacial score (nSPS) is 12.5. The molecule has 1 N–H and O–H groups in total. The Bertz CT molecular complexity index is 495. The number of hydrogen-bond acceptors (Lipinski definition) is 2. The fraction of sp³-hybridized carbons (Fsp3) is 0.667. The van der Waals surface area contributed by atoms with Gasteiger partial charge in [-0.2, -0.15) is 13.2 Å². The number of hydrogen-bond donors (Lipinski definition) is 1. The number of unbranched alkanes of at least 4 members (excludes halogenated alkanes) is 1. The van der Waals surface area contributed by atoms with Crippen molar-refractivity contribution in [2.75, 3.05) is 13.1 Å². The van der Waals surface area contributed by atoms with Crippen molar-refractivity contribution in [2.24, 2.45) is 5.92 Å². The van der Waals surface area contributed by atoms with Crippen molar-refractivity contribution in [1.82, 2.24) is 5.32 Å². The Morgan fingerprint density at radius 3 is 2.04 bits per heavy atom. The third-order valence-corrected chi connectivity index (χ3v) is 3.96. The largest absolute Gasteiger partial charge is 0.395 e. The first-order valence-corrected chi connectivity index (χ1v) is 9.53. The molecule has 0 bridgehead atoms. The molecule has 0 spiro atoms. The number of benzene rings is 1. The lowest BCUT2D eigenvalue weighted by atomic mass is 9.97. The molecular weight excluding hydrogens is 339 g/mol. The van der Waals surface area contributed by atoms with Gasteiger partial charge in [-0.3, -0.25) is 4.79 Å². The molecule has 1 rings (SSSR count). The molecule has 0 fully saturated rings. The highest BCUT2D eigenvalue weighted by molar-refractivity contribution is 5.96. The van der Waals surface area contributed by atoms with Crippen molar-refractivity contribution in [3.8, 4) is 0 Å². The van der Waals surface area contributed by atoms with Crippen LogP contribution in [0.5, 0.6) is 0 Å². The molecule has 1 aromatic rings. The van der Waals surface area contributed by atoms with E-state index in [0.29, 0.717) is 12.0 Å². The fourth-order valence-corrected chi connectivity index (χ4v) is 2.20. The number of alkyl halides is 3. The van der Waals surface area contributed by atoms with E-state index in [9.17, 15) is 18.0 Å². The average molecular weight is 374 g/mol.